The van der Waals surface area contributed by atoms with E-state index in [2.05, 4.69) is 9.48 Å². The van der Waals surface area contributed by atoms with Gasteiger partial charge in [-0.2, -0.15) is 4.90 Å². The van der Waals surface area contributed by atoms with Gasteiger partial charge in [-0.1, -0.05) is 0 Å². The Morgan fingerprint density at radius 3 is 2.23 bits per heavy atom. The van der Waals surface area contributed by atoms with Crippen LogP contribution in [0.4, 0.5) is 5.69 Å². The molecule has 2 aromatic rings. The van der Waals surface area contributed by atoms with E-state index in [0.29, 0.717) is 38.7 Å². The second-order valence-electron chi connectivity index (χ2n) is 8.49. The molecular weight excluding hydrogens is 396 g/mol. The fourth-order valence-corrected chi connectivity index (χ4v) is 5.07. The molecule has 0 aliphatic carbocycles. The van der Waals surface area contributed by atoms with Crippen LogP contribution in [-0.2, 0) is 5.72 Å². The van der Waals surface area contributed by atoms with Gasteiger partial charge in [-0.3, -0.25) is 4.58 Å². The largest absolute Gasteiger partial charge is 0.486 e. The van der Waals surface area contributed by atoms with Gasteiger partial charge in [0.05, 0.1) is 6.54 Å². The van der Waals surface area contributed by atoms with Crippen molar-refractivity contribution in [1.29, 1.82) is 0 Å². The molecule has 31 heavy (non-hydrogen) atoms. The average Bonchev–Trinajstić information content (AvgIpc) is 2.93. The summed E-state index contributed by atoms with van der Waals surface area (Å²) in [5.41, 5.74) is 0.486. The molecule has 0 saturated carbocycles. The molecule has 0 bridgehead atoms. The molecule has 0 amide bonds. The first-order chi connectivity index (χ1) is 15.2. The van der Waals surface area contributed by atoms with E-state index in [0.717, 1.165) is 60.1 Å². The van der Waals surface area contributed by atoms with E-state index in [-0.39, 0.29) is 0 Å². The molecule has 7 heteroatoms. The Hall–Kier alpha value is -2.93. The lowest BCUT2D eigenvalue weighted by Gasteiger charge is -2.30. The SMILES string of the molecule is O[C@]1(c2ccc3c(c2)OCCO3)C[N+]2=C(CCCCC2)N1c1ccc2c(c1)OCCO2. The standard InChI is InChI=1S/C24H27N2O5/c27-24(17-5-7-19-21(14-17)30-12-10-28-19)16-25-9-3-1-2-4-23(25)26(24)18-6-8-20-22(15-18)31-13-11-29-20/h5-8,14-15,27H,1-4,9-13,16H2/q+1/t24-/m0/s1. The molecule has 0 radical (unpaired) electrons. The van der Waals surface area contributed by atoms with Gasteiger partial charge in [-0.15, -0.1) is 0 Å². The molecule has 0 spiro atoms. The summed E-state index contributed by atoms with van der Waals surface area (Å²) in [6.45, 7) is 3.61. The number of nitrogens with zero attached hydrogens (tertiary/aromatic N) is 2. The molecule has 0 saturated heterocycles. The van der Waals surface area contributed by atoms with Crippen molar-refractivity contribution in [2.24, 2.45) is 0 Å². The smallest absolute Gasteiger partial charge is 0.275 e. The van der Waals surface area contributed by atoms with E-state index in [9.17, 15) is 5.11 Å². The van der Waals surface area contributed by atoms with Gasteiger partial charge in [0.15, 0.2) is 29.5 Å². The lowest BCUT2D eigenvalue weighted by molar-refractivity contribution is -0.534. The number of ether oxygens (including phenoxy) is 4. The van der Waals surface area contributed by atoms with Gasteiger partial charge in [-0.25, -0.2) is 0 Å². The Labute approximate surface area is 181 Å². The van der Waals surface area contributed by atoms with Crippen molar-refractivity contribution in [2.45, 2.75) is 31.4 Å². The van der Waals surface area contributed by atoms with Crippen molar-refractivity contribution in [1.82, 2.24) is 0 Å². The molecule has 7 nitrogen and oxygen atoms in total. The number of rotatable bonds is 2. The highest BCUT2D eigenvalue weighted by Crippen LogP contribution is 2.43. The van der Waals surface area contributed by atoms with Crippen LogP contribution in [0.1, 0.15) is 31.2 Å². The fraction of sp³-hybridized carbons (Fsp3) is 0.458. The molecule has 0 fully saturated rings. The van der Waals surface area contributed by atoms with Crippen LogP contribution in [0.15, 0.2) is 36.4 Å². The number of hydrogen-bond donors (Lipinski definition) is 1. The summed E-state index contributed by atoms with van der Waals surface area (Å²) in [6, 6.07) is 11.7. The summed E-state index contributed by atoms with van der Waals surface area (Å²) in [5.74, 6) is 4.04. The van der Waals surface area contributed by atoms with E-state index < -0.39 is 5.72 Å². The third-order valence-corrected chi connectivity index (χ3v) is 6.52. The third-order valence-electron chi connectivity index (χ3n) is 6.52. The van der Waals surface area contributed by atoms with E-state index in [1.165, 1.54) is 6.42 Å². The molecule has 4 heterocycles. The normalized spacial score (nSPS) is 24.6. The Kier molecular flexibility index (Phi) is 4.45. The van der Waals surface area contributed by atoms with Gasteiger partial charge in [0.25, 0.3) is 11.6 Å². The van der Waals surface area contributed by atoms with Crippen LogP contribution in [0.25, 0.3) is 0 Å². The molecule has 162 valence electrons. The highest BCUT2D eigenvalue weighted by atomic mass is 16.6. The van der Waals surface area contributed by atoms with Crippen molar-refractivity contribution in [3.63, 3.8) is 0 Å². The highest BCUT2D eigenvalue weighted by molar-refractivity contribution is 5.97. The number of benzene rings is 2. The lowest BCUT2D eigenvalue weighted by Crippen LogP contribution is -2.47. The minimum Gasteiger partial charge on any atom is -0.486 e. The average molecular weight is 423 g/mol. The summed E-state index contributed by atoms with van der Waals surface area (Å²) in [5, 5.41) is 12.2. The van der Waals surface area contributed by atoms with Crippen molar-refractivity contribution < 1.29 is 28.6 Å². The number of amidine groups is 1. The lowest BCUT2D eigenvalue weighted by atomic mass is 9.99. The second kappa shape index (κ2) is 7.34. The van der Waals surface area contributed by atoms with Gasteiger partial charge in [-0.05, 0) is 49.6 Å². The maximum atomic E-state index is 12.2. The number of hydrogen-bond acceptors (Lipinski definition) is 6. The monoisotopic (exact) mass is 423 g/mol. The summed E-state index contributed by atoms with van der Waals surface area (Å²) in [4.78, 5) is 2.09. The molecule has 2 aromatic carbocycles. The summed E-state index contributed by atoms with van der Waals surface area (Å²) in [6.07, 6.45) is 4.39. The molecule has 0 aromatic heterocycles. The van der Waals surface area contributed by atoms with Crippen LogP contribution in [0.5, 0.6) is 23.0 Å². The molecular formula is C24H27N2O5+. The third kappa shape index (κ3) is 3.10. The highest BCUT2D eigenvalue weighted by Gasteiger charge is 2.54. The second-order valence-corrected chi connectivity index (χ2v) is 8.49. The van der Waals surface area contributed by atoms with E-state index in [4.69, 9.17) is 18.9 Å². The van der Waals surface area contributed by atoms with Gasteiger partial charge in [0.1, 0.15) is 32.1 Å². The quantitative estimate of drug-likeness (QED) is 0.750. The Morgan fingerprint density at radius 1 is 0.774 bits per heavy atom. The van der Waals surface area contributed by atoms with Crippen LogP contribution in [-0.4, -0.2) is 55.0 Å². The minimum absolute atomic E-state index is 0.510. The predicted octanol–water partition coefficient (Wildman–Crippen LogP) is 2.88. The zero-order chi connectivity index (χ0) is 20.8. The Bertz CT molecular complexity index is 1050. The molecule has 6 rings (SSSR count). The van der Waals surface area contributed by atoms with Crippen LogP contribution in [0, 0.1) is 0 Å². The molecule has 4 aliphatic heterocycles. The first-order valence-corrected chi connectivity index (χ1v) is 11.2. The maximum absolute atomic E-state index is 12.2. The Morgan fingerprint density at radius 2 is 1.45 bits per heavy atom. The number of fused-ring (bicyclic) bond motifs is 2. The number of anilines is 1. The zero-order valence-corrected chi connectivity index (χ0v) is 17.5. The topological polar surface area (TPSA) is 63.4 Å². The summed E-state index contributed by atoms with van der Waals surface area (Å²) >= 11 is 0. The van der Waals surface area contributed by atoms with E-state index >= 15 is 0 Å². The summed E-state index contributed by atoms with van der Waals surface area (Å²) < 4.78 is 25.4. The van der Waals surface area contributed by atoms with Crippen LogP contribution < -0.4 is 23.8 Å². The van der Waals surface area contributed by atoms with E-state index in [1.54, 1.807) is 0 Å². The van der Waals surface area contributed by atoms with Gasteiger partial charge < -0.3 is 24.1 Å². The Balaban J connectivity index is 1.46. The minimum atomic E-state index is -1.22. The van der Waals surface area contributed by atoms with E-state index in [1.807, 2.05) is 36.4 Å². The van der Waals surface area contributed by atoms with Crippen molar-refractivity contribution in [3.8, 4) is 23.0 Å². The predicted molar refractivity (Wildman–Crippen MR) is 115 cm³/mol. The maximum Gasteiger partial charge on any atom is 0.275 e. The number of aliphatic hydroxyl groups is 1. The van der Waals surface area contributed by atoms with Crippen LogP contribution in [0.2, 0.25) is 0 Å². The van der Waals surface area contributed by atoms with Crippen LogP contribution in [0.3, 0.4) is 0 Å². The zero-order valence-electron chi connectivity index (χ0n) is 17.5. The van der Waals surface area contributed by atoms with Gasteiger partial charge in [0.2, 0.25) is 0 Å². The van der Waals surface area contributed by atoms with Crippen molar-refractivity contribution in [3.05, 3.63) is 42.0 Å². The molecule has 1 atom stereocenters. The van der Waals surface area contributed by atoms with Crippen molar-refractivity contribution in [2.75, 3.05) is 44.4 Å². The van der Waals surface area contributed by atoms with Crippen LogP contribution >= 0.6 is 0 Å². The van der Waals surface area contributed by atoms with Crippen molar-refractivity contribution >= 4 is 11.5 Å². The first-order valence-electron chi connectivity index (χ1n) is 11.2. The van der Waals surface area contributed by atoms with Gasteiger partial charge >= 0.3 is 0 Å². The fourth-order valence-electron chi connectivity index (χ4n) is 5.07. The summed E-state index contributed by atoms with van der Waals surface area (Å²) in [7, 11) is 0. The van der Waals surface area contributed by atoms with Gasteiger partial charge in [0, 0.05) is 18.1 Å². The first kappa shape index (κ1) is 18.8. The molecule has 0 unspecified atom stereocenters. The molecule has 1 N–H and O–H groups in total. The molecule has 4 aliphatic rings.